The Hall–Kier alpha value is -3.64. The van der Waals surface area contributed by atoms with Crippen molar-refractivity contribution < 1.29 is 4.79 Å². The molecule has 160 valence electrons. The molecule has 0 saturated heterocycles. The van der Waals surface area contributed by atoms with Crippen molar-refractivity contribution in [3.8, 4) is 0 Å². The number of nitrogens with zero attached hydrogens (tertiary/aromatic N) is 4. The van der Waals surface area contributed by atoms with E-state index >= 15 is 0 Å². The fraction of sp³-hybridized carbons (Fsp3) is 0.160. The molecular formula is C25H22ClN5O. The molecular weight excluding hydrogens is 422 g/mol. The molecule has 0 aliphatic carbocycles. The monoisotopic (exact) mass is 443 g/mol. The van der Waals surface area contributed by atoms with Crippen LogP contribution in [0.4, 0.5) is 0 Å². The first-order valence-corrected chi connectivity index (χ1v) is 10.9. The van der Waals surface area contributed by atoms with Gasteiger partial charge in [0.1, 0.15) is 5.82 Å². The van der Waals surface area contributed by atoms with Crippen molar-refractivity contribution in [3.05, 3.63) is 95.4 Å². The largest absolute Gasteiger partial charge is 0.349 e. The Bertz CT molecular complexity index is 1390. The predicted molar refractivity (Wildman–Crippen MR) is 126 cm³/mol. The Labute approximate surface area is 190 Å². The summed E-state index contributed by atoms with van der Waals surface area (Å²) in [6, 6.07) is 26.0. The second-order valence-corrected chi connectivity index (χ2v) is 8.00. The van der Waals surface area contributed by atoms with Crippen LogP contribution in [0.15, 0.2) is 78.9 Å². The van der Waals surface area contributed by atoms with E-state index in [4.69, 9.17) is 16.6 Å². The predicted octanol–water partition coefficient (Wildman–Crippen LogP) is 4.79. The first-order chi connectivity index (χ1) is 15.7. The van der Waals surface area contributed by atoms with Gasteiger partial charge in [0.05, 0.1) is 29.6 Å². The summed E-state index contributed by atoms with van der Waals surface area (Å²) in [5.41, 5.74) is 4.09. The number of aromatic nitrogens is 4. The van der Waals surface area contributed by atoms with Gasteiger partial charge in [0, 0.05) is 18.4 Å². The van der Waals surface area contributed by atoms with Crippen molar-refractivity contribution in [2.75, 3.05) is 0 Å². The Balaban J connectivity index is 1.29. The number of amides is 1. The lowest BCUT2D eigenvalue weighted by molar-refractivity contribution is -0.121. The normalized spacial score (nSPS) is 11.3. The van der Waals surface area contributed by atoms with E-state index in [1.807, 2.05) is 60.7 Å². The first kappa shape index (κ1) is 20.3. The maximum absolute atomic E-state index is 12.6. The van der Waals surface area contributed by atoms with Crippen LogP contribution in [-0.4, -0.2) is 25.2 Å². The number of rotatable bonds is 7. The molecule has 1 amide bonds. The summed E-state index contributed by atoms with van der Waals surface area (Å²) in [7, 11) is 0. The van der Waals surface area contributed by atoms with Crippen molar-refractivity contribution in [1.82, 2.24) is 24.6 Å². The van der Waals surface area contributed by atoms with E-state index in [2.05, 4.69) is 33.2 Å². The van der Waals surface area contributed by atoms with Crippen LogP contribution in [-0.2, 0) is 24.4 Å². The molecule has 5 rings (SSSR count). The van der Waals surface area contributed by atoms with Crippen molar-refractivity contribution in [2.24, 2.45) is 0 Å². The molecule has 5 aromatic rings. The molecule has 2 heterocycles. The van der Waals surface area contributed by atoms with E-state index in [1.165, 1.54) is 5.56 Å². The number of hydrogen-bond acceptors (Lipinski definition) is 3. The summed E-state index contributed by atoms with van der Waals surface area (Å²) < 4.78 is 3.94. The summed E-state index contributed by atoms with van der Waals surface area (Å²) in [6.45, 7) is 1.52. The van der Waals surface area contributed by atoms with Crippen molar-refractivity contribution in [3.63, 3.8) is 0 Å². The van der Waals surface area contributed by atoms with Gasteiger partial charge in [-0.2, -0.15) is 5.10 Å². The molecule has 0 unspecified atom stereocenters. The van der Waals surface area contributed by atoms with E-state index in [1.54, 1.807) is 4.68 Å². The Kier molecular flexibility index (Phi) is 5.60. The molecule has 32 heavy (non-hydrogen) atoms. The van der Waals surface area contributed by atoms with Gasteiger partial charge in [0.2, 0.25) is 5.91 Å². The summed E-state index contributed by atoms with van der Waals surface area (Å²) in [5, 5.41) is 8.72. The minimum absolute atomic E-state index is 0.0565. The van der Waals surface area contributed by atoms with Crippen LogP contribution in [0.2, 0.25) is 5.15 Å². The summed E-state index contributed by atoms with van der Waals surface area (Å²) >= 11 is 6.21. The average molecular weight is 444 g/mol. The molecule has 0 atom stereocenters. The van der Waals surface area contributed by atoms with Gasteiger partial charge in [-0.15, -0.1) is 0 Å². The molecule has 0 saturated carbocycles. The van der Waals surface area contributed by atoms with Crippen LogP contribution in [0.5, 0.6) is 0 Å². The third-order valence-electron chi connectivity index (χ3n) is 5.52. The third-order valence-corrected chi connectivity index (χ3v) is 5.80. The van der Waals surface area contributed by atoms with Gasteiger partial charge in [-0.25, -0.2) is 4.98 Å². The molecule has 3 aromatic carbocycles. The molecule has 1 N–H and O–H groups in total. The fourth-order valence-electron chi connectivity index (χ4n) is 3.93. The van der Waals surface area contributed by atoms with Crippen LogP contribution in [0.1, 0.15) is 17.8 Å². The maximum atomic E-state index is 12.6. The molecule has 0 aliphatic rings. The number of hydrogen-bond donors (Lipinski definition) is 1. The van der Waals surface area contributed by atoms with Gasteiger partial charge in [-0.3, -0.25) is 9.48 Å². The van der Waals surface area contributed by atoms with E-state index in [9.17, 15) is 4.79 Å². The molecule has 0 bridgehead atoms. The van der Waals surface area contributed by atoms with Crippen LogP contribution in [0, 0.1) is 0 Å². The minimum atomic E-state index is -0.0565. The molecule has 6 nitrogen and oxygen atoms in total. The SMILES string of the molecule is O=C(CCn1nc(Cl)c2ccccc21)NCc1nc2ccccc2n1Cc1ccccc1. The van der Waals surface area contributed by atoms with Gasteiger partial charge in [0.25, 0.3) is 0 Å². The van der Waals surface area contributed by atoms with Gasteiger partial charge < -0.3 is 9.88 Å². The third kappa shape index (κ3) is 4.09. The lowest BCUT2D eigenvalue weighted by atomic mass is 10.2. The summed E-state index contributed by atoms with van der Waals surface area (Å²) in [6.07, 6.45) is 0.306. The molecule has 7 heteroatoms. The standard InChI is InChI=1S/C25H22ClN5O/c26-25-19-10-4-6-12-21(19)31(29-25)15-14-24(32)27-16-23-28-20-11-5-7-13-22(20)30(23)17-18-8-2-1-3-9-18/h1-13H,14-17H2,(H,27,32). The van der Waals surface area contributed by atoms with Crippen LogP contribution in [0.3, 0.4) is 0 Å². The number of para-hydroxylation sites is 3. The Morgan fingerprint density at radius 3 is 2.47 bits per heavy atom. The fourth-order valence-corrected chi connectivity index (χ4v) is 4.18. The molecule has 2 aromatic heterocycles. The molecule has 0 radical (unpaired) electrons. The molecule has 0 aliphatic heterocycles. The summed E-state index contributed by atoms with van der Waals surface area (Å²) in [5.74, 6) is 0.773. The van der Waals surface area contributed by atoms with Crippen molar-refractivity contribution >= 4 is 39.4 Å². The van der Waals surface area contributed by atoms with Gasteiger partial charge in [-0.05, 0) is 29.8 Å². The Morgan fingerprint density at radius 2 is 1.62 bits per heavy atom. The number of carbonyl (C=O) groups is 1. The van der Waals surface area contributed by atoms with Crippen LogP contribution >= 0.6 is 11.6 Å². The first-order valence-electron chi connectivity index (χ1n) is 10.5. The van der Waals surface area contributed by atoms with Crippen molar-refractivity contribution in [2.45, 2.75) is 26.1 Å². The number of imidazole rings is 1. The summed E-state index contributed by atoms with van der Waals surface area (Å²) in [4.78, 5) is 17.4. The van der Waals surface area contributed by atoms with E-state index < -0.39 is 0 Å². The topological polar surface area (TPSA) is 64.7 Å². The number of carbonyl (C=O) groups excluding carboxylic acids is 1. The zero-order valence-electron chi connectivity index (χ0n) is 17.4. The lowest BCUT2D eigenvalue weighted by Gasteiger charge is -2.11. The van der Waals surface area contributed by atoms with Gasteiger partial charge in [-0.1, -0.05) is 66.2 Å². The van der Waals surface area contributed by atoms with E-state index in [0.29, 0.717) is 31.2 Å². The highest BCUT2D eigenvalue weighted by atomic mass is 35.5. The molecule has 0 spiro atoms. The number of halogens is 1. The lowest BCUT2D eigenvalue weighted by Crippen LogP contribution is -2.26. The van der Waals surface area contributed by atoms with Gasteiger partial charge >= 0.3 is 0 Å². The minimum Gasteiger partial charge on any atom is -0.349 e. The number of nitrogens with one attached hydrogen (secondary N) is 1. The number of aryl methyl sites for hydroxylation is 1. The second kappa shape index (κ2) is 8.85. The van der Waals surface area contributed by atoms with Crippen LogP contribution in [0.25, 0.3) is 21.9 Å². The molecule has 0 fully saturated rings. The van der Waals surface area contributed by atoms with E-state index in [-0.39, 0.29) is 5.91 Å². The average Bonchev–Trinajstić information content (AvgIpc) is 3.34. The smallest absolute Gasteiger partial charge is 0.222 e. The second-order valence-electron chi connectivity index (χ2n) is 7.65. The highest BCUT2D eigenvalue weighted by Crippen LogP contribution is 2.22. The Morgan fingerprint density at radius 1 is 0.906 bits per heavy atom. The number of benzene rings is 3. The number of fused-ring (bicyclic) bond motifs is 2. The zero-order chi connectivity index (χ0) is 21.9. The zero-order valence-corrected chi connectivity index (χ0v) is 18.2. The van der Waals surface area contributed by atoms with Crippen molar-refractivity contribution in [1.29, 1.82) is 0 Å². The maximum Gasteiger partial charge on any atom is 0.222 e. The van der Waals surface area contributed by atoms with Crippen LogP contribution < -0.4 is 5.32 Å². The van der Waals surface area contributed by atoms with E-state index in [0.717, 1.165) is 27.8 Å². The highest BCUT2D eigenvalue weighted by molar-refractivity contribution is 6.34. The highest BCUT2D eigenvalue weighted by Gasteiger charge is 2.13. The van der Waals surface area contributed by atoms with Gasteiger partial charge in [0.15, 0.2) is 5.15 Å². The quantitative estimate of drug-likeness (QED) is 0.393.